The molecule has 2 saturated carbocycles. The summed E-state index contributed by atoms with van der Waals surface area (Å²) in [4.78, 5) is 73.1. The van der Waals surface area contributed by atoms with Crippen LogP contribution >= 0.6 is 11.3 Å². The van der Waals surface area contributed by atoms with Crippen molar-refractivity contribution in [3.63, 3.8) is 0 Å². The molecule has 2 heterocycles. The lowest BCUT2D eigenvalue weighted by atomic mass is 9.79. The van der Waals surface area contributed by atoms with Gasteiger partial charge in [0.15, 0.2) is 0 Å². The van der Waals surface area contributed by atoms with Crippen molar-refractivity contribution in [3.8, 4) is 0 Å². The number of nitrogens with one attached hydrogen (secondary N) is 4. The van der Waals surface area contributed by atoms with E-state index in [1.54, 1.807) is 27.0 Å². The zero-order valence-electron chi connectivity index (χ0n) is 28.9. The van der Waals surface area contributed by atoms with E-state index in [0.29, 0.717) is 6.42 Å². The smallest absolute Gasteiger partial charge is 0.346 e. The summed E-state index contributed by atoms with van der Waals surface area (Å²) in [5.74, 6) is -4.10. The van der Waals surface area contributed by atoms with Gasteiger partial charge < -0.3 is 26.2 Å². The molecular weight excluding hydrogens is 661 g/mol. The number of piperidine rings is 1. The van der Waals surface area contributed by atoms with Crippen molar-refractivity contribution in [1.29, 1.82) is 0 Å². The fourth-order valence-corrected chi connectivity index (χ4v) is 8.24. The Hall–Kier alpha value is -3.49. The largest absolute Gasteiger partial charge is 0.389 e. The predicted molar refractivity (Wildman–Crippen MR) is 178 cm³/mol. The number of rotatable bonds is 13. The summed E-state index contributed by atoms with van der Waals surface area (Å²) in [7, 11) is 0. The van der Waals surface area contributed by atoms with Crippen LogP contribution in [0.3, 0.4) is 0 Å². The van der Waals surface area contributed by atoms with Crippen LogP contribution < -0.4 is 21.3 Å². The molecule has 0 bridgehead atoms. The van der Waals surface area contributed by atoms with E-state index in [4.69, 9.17) is 0 Å². The number of carbonyl (C=O) groups is 5. The lowest BCUT2D eigenvalue weighted by molar-refractivity contribution is -0.148. The Morgan fingerprint density at radius 3 is 2.35 bits per heavy atom. The first-order valence-corrected chi connectivity index (χ1v) is 17.8. The number of halogens is 3. The standard InChI is InChI=1S/C34H49F3N6O5S/c1-7-15-39-28(46)25(44)21(11-14-34(35,36)37)40-27(45)24-23-20(32(23,5)6)19-43(24)29(47)26(31(2,3)4)41-30(48)42-33(12-9-8-10-13-33)18-22-38-16-17-49-22/h7,16-17,20-21,23-24,26H,1,8-15,18-19H2,2-6H3,(H,39,46)(H,40,45)(H2,41,42,48)/t20-,21?,23-,24-,26+/m0/s1. The van der Waals surface area contributed by atoms with Gasteiger partial charge in [-0.3, -0.25) is 19.2 Å². The summed E-state index contributed by atoms with van der Waals surface area (Å²) in [6.45, 7) is 12.8. The molecule has 1 aromatic rings. The maximum Gasteiger partial charge on any atom is 0.389 e. The van der Waals surface area contributed by atoms with E-state index in [1.165, 1.54) is 22.3 Å². The Balaban J connectivity index is 1.55. The highest BCUT2D eigenvalue weighted by molar-refractivity contribution is 7.09. The van der Waals surface area contributed by atoms with Crippen molar-refractivity contribution in [2.24, 2.45) is 22.7 Å². The minimum absolute atomic E-state index is 0.0781. The Morgan fingerprint density at radius 1 is 1.10 bits per heavy atom. The number of amides is 5. The predicted octanol–water partition coefficient (Wildman–Crippen LogP) is 4.28. The molecule has 4 N–H and O–H groups in total. The Bertz CT molecular complexity index is 1400. The van der Waals surface area contributed by atoms with Gasteiger partial charge in [-0.05, 0) is 41.9 Å². The third kappa shape index (κ3) is 9.20. The van der Waals surface area contributed by atoms with Crippen LogP contribution in [0.25, 0.3) is 0 Å². The first-order chi connectivity index (χ1) is 22.8. The first kappa shape index (κ1) is 38.3. The number of carbonyl (C=O) groups excluding carboxylic acids is 5. The van der Waals surface area contributed by atoms with E-state index in [1.807, 2.05) is 19.2 Å². The number of fused-ring (bicyclic) bond motifs is 1. The molecule has 11 nitrogen and oxygen atoms in total. The van der Waals surface area contributed by atoms with Gasteiger partial charge in [0, 0.05) is 43.0 Å². The summed E-state index contributed by atoms with van der Waals surface area (Å²) in [5, 5.41) is 13.5. The Kier molecular flexibility index (Phi) is 11.6. The van der Waals surface area contributed by atoms with Crippen LogP contribution in [0.5, 0.6) is 0 Å². The zero-order valence-corrected chi connectivity index (χ0v) is 29.7. The minimum Gasteiger partial charge on any atom is -0.346 e. The normalized spacial score (nSPS) is 23.8. The summed E-state index contributed by atoms with van der Waals surface area (Å²) in [5.41, 5.74) is -1.67. The van der Waals surface area contributed by atoms with Gasteiger partial charge in [0.2, 0.25) is 17.6 Å². The highest BCUT2D eigenvalue weighted by Gasteiger charge is 2.70. The molecule has 2 aliphatic carbocycles. The highest BCUT2D eigenvalue weighted by Crippen LogP contribution is 2.65. The number of alkyl halides is 3. The number of hydrogen-bond donors (Lipinski definition) is 4. The molecule has 1 aliphatic heterocycles. The van der Waals surface area contributed by atoms with E-state index in [-0.39, 0.29) is 30.3 Å². The lowest BCUT2D eigenvalue weighted by Crippen LogP contribution is -2.63. The molecule has 3 fully saturated rings. The summed E-state index contributed by atoms with van der Waals surface area (Å²) >= 11 is 1.52. The zero-order chi connectivity index (χ0) is 36.4. The fraction of sp³-hybridized carbons (Fsp3) is 0.706. The fourth-order valence-electron chi connectivity index (χ4n) is 7.48. The number of thiazole rings is 1. The van der Waals surface area contributed by atoms with Gasteiger partial charge in [0.05, 0.1) is 11.0 Å². The van der Waals surface area contributed by atoms with E-state index in [2.05, 4.69) is 32.8 Å². The maximum absolute atomic E-state index is 14.4. The highest BCUT2D eigenvalue weighted by atomic mass is 32.1. The van der Waals surface area contributed by atoms with Crippen LogP contribution in [0.2, 0.25) is 0 Å². The van der Waals surface area contributed by atoms with E-state index in [0.717, 1.165) is 37.1 Å². The van der Waals surface area contributed by atoms with Gasteiger partial charge in [-0.15, -0.1) is 17.9 Å². The lowest BCUT2D eigenvalue weighted by Gasteiger charge is -2.40. The topological polar surface area (TPSA) is 150 Å². The molecule has 3 aliphatic rings. The van der Waals surface area contributed by atoms with Crippen LogP contribution in [0.1, 0.15) is 84.6 Å². The van der Waals surface area contributed by atoms with Crippen molar-refractivity contribution in [2.45, 2.75) is 116 Å². The molecule has 1 saturated heterocycles. The second kappa shape index (κ2) is 14.8. The van der Waals surface area contributed by atoms with Crippen molar-refractivity contribution in [3.05, 3.63) is 29.2 Å². The molecule has 49 heavy (non-hydrogen) atoms. The molecule has 0 spiro atoms. The third-order valence-corrected chi connectivity index (χ3v) is 11.1. The van der Waals surface area contributed by atoms with E-state index in [9.17, 15) is 37.1 Å². The first-order valence-electron chi connectivity index (χ1n) is 16.9. The summed E-state index contributed by atoms with van der Waals surface area (Å²) in [6, 6.07) is -4.45. The van der Waals surface area contributed by atoms with Crippen LogP contribution in [0.15, 0.2) is 24.2 Å². The average Bonchev–Trinajstić information content (AvgIpc) is 3.43. The Labute approximate surface area is 289 Å². The van der Waals surface area contributed by atoms with Crippen LogP contribution in [0.4, 0.5) is 18.0 Å². The number of likely N-dealkylation sites (tertiary alicyclic amines) is 1. The minimum atomic E-state index is -4.64. The van der Waals surface area contributed by atoms with Gasteiger partial charge >= 0.3 is 12.2 Å². The molecule has 1 aromatic heterocycles. The number of Topliss-reactive ketones (excluding diaryl/α,β-unsaturated/α-hetero) is 1. The average molecular weight is 711 g/mol. The van der Waals surface area contributed by atoms with Gasteiger partial charge in [-0.2, -0.15) is 13.2 Å². The van der Waals surface area contributed by atoms with Gasteiger partial charge in [-0.1, -0.05) is 60.0 Å². The monoisotopic (exact) mass is 710 g/mol. The molecule has 0 radical (unpaired) electrons. The van der Waals surface area contributed by atoms with Crippen molar-refractivity contribution in [2.75, 3.05) is 13.1 Å². The van der Waals surface area contributed by atoms with Crippen LogP contribution in [-0.2, 0) is 25.6 Å². The van der Waals surface area contributed by atoms with Crippen molar-refractivity contribution >= 4 is 40.9 Å². The number of nitrogens with zero attached hydrogens (tertiary/aromatic N) is 2. The quantitative estimate of drug-likeness (QED) is 0.177. The van der Waals surface area contributed by atoms with E-state index < -0.39 is 77.6 Å². The van der Waals surface area contributed by atoms with Crippen LogP contribution in [0, 0.1) is 22.7 Å². The molecule has 5 amide bonds. The van der Waals surface area contributed by atoms with Crippen LogP contribution in [-0.4, -0.2) is 82.4 Å². The van der Waals surface area contributed by atoms with E-state index >= 15 is 0 Å². The molecule has 15 heteroatoms. The summed E-state index contributed by atoms with van der Waals surface area (Å²) < 4.78 is 39.6. The number of ketones is 1. The number of hydrogen-bond acceptors (Lipinski definition) is 7. The molecule has 272 valence electrons. The number of aromatic nitrogens is 1. The molecule has 0 aromatic carbocycles. The summed E-state index contributed by atoms with van der Waals surface area (Å²) in [6.07, 6.45) is 1.19. The van der Waals surface area contributed by atoms with Crippen molar-refractivity contribution < 1.29 is 37.1 Å². The second-order valence-corrected chi connectivity index (χ2v) is 16.3. The Morgan fingerprint density at radius 2 is 1.78 bits per heavy atom. The second-order valence-electron chi connectivity index (χ2n) is 15.3. The van der Waals surface area contributed by atoms with Gasteiger partial charge in [-0.25, -0.2) is 9.78 Å². The maximum atomic E-state index is 14.4. The van der Waals surface area contributed by atoms with Gasteiger partial charge in [0.25, 0.3) is 5.91 Å². The number of urea groups is 1. The molecule has 1 unspecified atom stereocenters. The SMILES string of the molecule is C=CCNC(=O)C(=O)C(CCC(F)(F)F)NC(=O)[C@@H]1[C@@H]2[C@H](CN1C(=O)[C@@H](NC(=O)NC1(Cc3nccs3)CCCCC1)C(C)(C)C)C2(C)C. The van der Waals surface area contributed by atoms with Gasteiger partial charge in [0.1, 0.15) is 12.1 Å². The van der Waals surface area contributed by atoms with Crippen molar-refractivity contribution in [1.82, 2.24) is 31.2 Å². The third-order valence-electron chi connectivity index (χ3n) is 10.3. The molecule has 4 rings (SSSR count). The molecule has 5 atom stereocenters. The molecular formula is C34H49F3N6O5S.